The summed E-state index contributed by atoms with van der Waals surface area (Å²) in [5.41, 5.74) is 0. The molecule has 0 aromatic rings. The molecule has 0 aliphatic rings. The van der Waals surface area contributed by atoms with Gasteiger partial charge < -0.3 is 18.9 Å². The summed E-state index contributed by atoms with van der Waals surface area (Å²) in [5.74, 6) is -73.9. The first-order valence-electron chi connectivity index (χ1n) is 23.5. The van der Waals surface area contributed by atoms with Crippen LogP contribution in [0.1, 0.15) is 128 Å². The van der Waals surface area contributed by atoms with Crippen LogP contribution in [0.3, 0.4) is 0 Å². The zero-order valence-electron chi connectivity index (χ0n) is 41.2. The SMILES string of the molecule is C[N+](C)(C)CCOP(=O)(O)OC[C@@H](COCCCCCCCCCCCC(F)(F)C(F)(F)C(F)(F)C(F)(F)C(F)(F)C(F)(F)F)OCCCCCCCCCCCC(F)(F)C(F)(F)C(F)(F)C(F)(F)C(F)(F)C(F)(F)F. The summed E-state index contributed by atoms with van der Waals surface area (Å²) in [6.07, 6.45) is -17.5. The van der Waals surface area contributed by atoms with E-state index in [4.69, 9.17) is 18.5 Å². The molecule has 76 heavy (non-hydrogen) atoms. The highest BCUT2D eigenvalue weighted by Gasteiger charge is 2.92. The van der Waals surface area contributed by atoms with Gasteiger partial charge in [0.25, 0.3) is 0 Å². The van der Waals surface area contributed by atoms with Gasteiger partial charge >= 0.3 is 79.4 Å². The van der Waals surface area contributed by atoms with E-state index in [1.807, 2.05) is 0 Å². The van der Waals surface area contributed by atoms with Crippen molar-refractivity contribution < 1.29 is 147 Å². The topological polar surface area (TPSA) is 74.2 Å². The van der Waals surface area contributed by atoms with Crippen LogP contribution in [0.2, 0.25) is 0 Å². The van der Waals surface area contributed by atoms with Crippen molar-refractivity contribution in [2.75, 3.05) is 60.7 Å². The Morgan fingerprint density at radius 2 is 0.658 bits per heavy atom. The average Bonchev–Trinajstić information content (AvgIpc) is 3.25. The van der Waals surface area contributed by atoms with Crippen molar-refractivity contribution in [2.45, 2.75) is 206 Å². The van der Waals surface area contributed by atoms with Gasteiger partial charge in [0.2, 0.25) is 0 Å². The Hall–Kier alpha value is -1.83. The van der Waals surface area contributed by atoms with Gasteiger partial charge in [-0.3, -0.25) is 9.05 Å². The fraction of sp³-hybridized carbons (Fsp3) is 1.00. The van der Waals surface area contributed by atoms with Crippen molar-refractivity contribution in [3.8, 4) is 0 Å². The van der Waals surface area contributed by atoms with Gasteiger partial charge in [-0.15, -0.1) is 0 Å². The van der Waals surface area contributed by atoms with E-state index in [0.717, 1.165) is 0 Å². The normalized spacial score (nSPS) is 16.1. The van der Waals surface area contributed by atoms with E-state index in [0.29, 0.717) is 75.2 Å². The number of phosphoric ester groups is 1. The molecule has 0 fully saturated rings. The Labute approximate surface area is 421 Å². The maximum atomic E-state index is 14.0. The minimum absolute atomic E-state index is 0.0284. The van der Waals surface area contributed by atoms with E-state index in [-0.39, 0.29) is 65.0 Å². The van der Waals surface area contributed by atoms with Crippen molar-refractivity contribution >= 4 is 7.82 Å². The third kappa shape index (κ3) is 20.0. The molecular formula is C42H63F26NO6P+. The highest BCUT2D eigenvalue weighted by Crippen LogP contribution is 2.62. The van der Waals surface area contributed by atoms with Crippen LogP contribution < -0.4 is 0 Å². The Bertz CT molecular complexity index is 1710. The Morgan fingerprint density at radius 3 is 0.974 bits per heavy atom. The summed E-state index contributed by atoms with van der Waals surface area (Å²) in [6.45, 7) is -0.204. The molecule has 0 aromatic carbocycles. The van der Waals surface area contributed by atoms with E-state index in [1.54, 1.807) is 21.1 Å². The molecular weight excluding hydrogens is 1140 g/mol. The molecule has 34 heteroatoms. The second kappa shape index (κ2) is 28.7. The van der Waals surface area contributed by atoms with Crippen LogP contribution in [-0.4, -0.2) is 148 Å². The van der Waals surface area contributed by atoms with Crippen molar-refractivity contribution in [3.05, 3.63) is 0 Å². The number of rotatable bonds is 42. The standard InChI is InChI=1S/C42H62F26NO6P/c1-69(2,3)24-27-74-76(70,71)75-29-30(73-26-21-17-13-9-5-7-11-15-19-23-32(45,46)34(49,50)36(53,54)38(57,58)40(61,62)42(66,67)68)28-72-25-20-16-12-8-4-6-10-14-18-22-31(43,44)33(47,48)35(51,52)37(55,56)39(59,60)41(63,64)65/h30H,4-29H2,1-3H3/p+1/t30-/m1/s1. The number of phosphoric acid groups is 1. The molecule has 0 aromatic heterocycles. The third-order valence-corrected chi connectivity index (χ3v) is 12.5. The number of hydrogen-bond donors (Lipinski definition) is 1. The predicted molar refractivity (Wildman–Crippen MR) is 219 cm³/mol. The number of likely N-dealkylation sites (N-methyl/N-ethyl adjacent to an activating group) is 1. The molecule has 0 aliphatic heterocycles. The monoisotopic (exact) mass is 1200 g/mol. The first-order valence-corrected chi connectivity index (χ1v) is 25.0. The molecule has 0 bridgehead atoms. The maximum Gasteiger partial charge on any atom is 0.472 e. The van der Waals surface area contributed by atoms with Crippen LogP contribution >= 0.6 is 7.82 Å². The summed E-state index contributed by atoms with van der Waals surface area (Å²) in [5, 5.41) is 0. The smallest absolute Gasteiger partial charge is 0.379 e. The number of alkyl halides is 26. The van der Waals surface area contributed by atoms with Crippen molar-refractivity contribution in [1.82, 2.24) is 0 Å². The van der Waals surface area contributed by atoms with Gasteiger partial charge in [-0.25, -0.2) is 4.57 Å². The van der Waals surface area contributed by atoms with Gasteiger partial charge in [-0.05, 0) is 25.7 Å². The lowest BCUT2D eigenvalue weighted by atomic mass is 9.91. The summed E-state index contributed by atoms with van der Waals surface area (Å²) in [6, 6.07) is 0. The third-order valence-electron chi connectivity index (χ3n) is 11.5. The molecule has 0 amide bonds. The molecule has 458 valence electrons. The van der Waals surface area contributed by atoms with Crippen LogP contribution in [0.25, 0.3) is 0 Å². The molecule has 0 radical (unpaired) electrons. The summed E-state index contributed by atoms with van der Waals surface area (Å²) < 4.78 is 379. The largest absolute Gasteiger partial charge is 0.472 e. The van der Waals surface area contributed by atoms with Crippen molar-refractivity contribution in [1.29, 1.82) is 0 Å². The van der Waals surface area contributed by atoms with E-state index < -0.39 is 118 Å². The summed E-state index contributed by atoms with van der Waals surface area (Å²) in [7, 11) is 0.833. The van der Waals surface area contributed by atoms with Crippen LogP contribution in [0.4, 0.5) is 114 Å². The molecule has 1 unspecified atom stereocenters. The van der Waals surface area contributed by atoms with Crippen LogP contribution in [0, 0.1) is 0 Å². The maximum absolute atomic E-state index is 14.0. The van der Waals surface area contributed by atoms with Gasteiger partial charge in [0.1, 0.15) is 19.3 Å². The Balaban J connectivity index is 4.81. The van der Waals surface area contributed by atoms with E-state index in [2.05, 4.69) is 0 Å². The molecule has 0 heterocycles. The van der Waals surface area contributed by atoms with E-state index in [1.165, 1.54) is 0 Å². The van der Waals surface area contributed by atoms with Crippen molar-refractivity contribution in [2.24, 2.45) is 0 Å². The fourth-order valence-corrected chi connectivity index (χ4v) is 7.39. The average molecular weight is 1200 g/mol. The number of quaternary nitrogens is 1. The van der Waals surface area contributed by atoms with Gasteiger partial charge in [0, 0.05) is 26.1 Å². The van der Waals surface area contributed by atoms with Crippen LogP contribution in [0.5, 0.6) is 0 Å². The lowest BCUT2D eigenvalue weighted by Gasteiger charge is -2.39. The minimum Gasteiger partial charge on any atom is -0.379 e. The number of hydrogen-bond acceptors (Lipinski definition) is 5. The van der Waals surface area contributed by atoms with E-state index in [9.17, 15) is 124 Å². The van der Waals surface area contributed by atoms with Gasteiger partial charge in [0.15, 0.2) is 0 Å². The molecule has 0 rings (SSSR count). The minimum atomic E-state index is -7.95. The molecule has 0 saturated heterocycles. The molecule has 0 spiro atoms. The second-order valence-corrected chi connectivity index (χ2v) is 20.5. The van der Waals surface area contributed by atoms with Gasteiger partial charge in [-0.1, -0.05) is 89.9 Å². The molecule has 0 saturated carbocycles. The molecule has 1 N–H and O–H groups in total. The van der Waals surface area contributed by atoms with Crippen LogP contribution in [0.15, 0.2) is 0 Å². The van der Waals surface area contributed by atoms with E-state index >= 15 is 0 Å². The van der Waals surface area contributed by atoms with Crippen LogP contribution in [-0.2, 0) is 23.1 Å². The zero-order chi connectivity index (χ0) is 59.8. The van der Waals surface area contributed by atoms with Crippen molar-refractivity contribution in [3.63, 3.8) is 0 Å². The molecule has 7 nitrogen and oxygen atoms in total. The lowest BCUT2D eigenvalue weighted by Crippen LogP contribution is -2.70. The first kappa shape index (κ1) is 74.2. The molecule has 2 atom stereocenters. The first-order chi connectivity index (χ1) is 34.0. The van der Waals surface area contributed by atoms with Gasteiger partial charge in [-0.2, -0.15) is 114 Å². The lowest BCUT2D eigenvalue weighted by molar-refractivity contribution is -0.870. The highest BCUT2D eigenvalue weighted by molar-refractivity contribution is 7.47. The summed E-state index contributed by atoms with van der Waals surface area (Å²) >= 11 is 0. The molecule has 0 aliphatic carbocycles. The number of ether oxygens (including phenoxy) is 2. The number of unbranched alkanes of at least 4 members (excludes halogenated alkanes) is 16. The predicted octanol–water partition coefficient (Wildman–Crippen LogP) is 16.5. The summed E-state index contributed by atoms with van der Waals surface area (Å²) in [4.78, 5) is 10.1. The second-order valence-electron chi connectivity index (χ2n) is 19.0. The zero-order valence-corrected chi connectivity index (χ0v) is 42.1. The highest BCUT2D eigenvalue weighted by atomic mass is 31.2. The van der Waals surface area contributed by atoms with Gasteiger partial charge in [0.05, 0.1) is 34.4 Å². The Kier molecular flexibility index (Phi) is 28.0. The quantitative estimate of drug-likeness (QED) is 0.0284. The number of nitrogens with zero attached hydrogens (tertiary/aromatic N) is 1. The fourth-order valence-electron chi connectivity index (χ4n) is 6.65. The number of halogens is 26. The Morgan fingerprint density at radius 1 is 0.368 bits per heavy atom.